The molecule has 2 aliphatic rings. The molecule has 0 amide bonds. The van der Waals surface area contributed by atoms with Gasteiger partial charge < -0.3 is 9.47 Å². The molecular weight excluding hydrogens is 1070 g/mol. The predicted octanol–water partition coefficient (Wildman–Crippen LogP) is 21.0. The second-order valence-electron chi connectivity index (χ2n) is 29.4. The summed E-state index contributed by atoms with van der Waals surface area (Å²) in [7, 11) is 0. The minimum absolute atomic E-state index is 0.0594. The van der Waals surface area contributed by atoms with E-state index in [0.717, 1.165) is 55.0 Å². The Bertz CT molecular complexity index is 4440. The van der Waals surface area contributed by atoms with E-state index in [4.69, 9.17) is 0 Å². The quantitative estimate of drug-likeness (QED) is 0.153. The predicted molar refractivity (Wildman–Crippen MR) is 366 cm³/mol. The number of para-hydroxylation sites is 2. The van der Waals surface area contributed by atoms with Crippen LogP contribution in [-0.4, -0.2) is 11.3 Å². The number of nitrogens with zero attached hydrogens (tertiary/aromatic N) is 2. The molecule has 10 aromatic carbocycles. The molecule has 0 saturated heterocycles. The van der Waals surface area contributed by atoms with E-state index >= 15 is 8.78 Å². The maximum absolute atomic E-state index is 17.0. The van der Waals surface area contributed by atoms with E-state index in [1.807, 2.05) is 54.2 Å². The summed E-state index contributed by atoms with van der Waals surface area (Å²) in [5.41, 5.74) is 22.2. The van der Waals surface area contributed by atoms with Crippen molar-refractivity contribution >= 4 is 73.7 Å². The van der Waals surface area contributed by atoms with Gasteiger partial charge >= 0.3 is 0 Å². The van der Waals surface area contributed by atoms with E-state index < -0.39 is 0 Å². The maximum atomic E-state index is 17.0. The summed E-state index contributed by atoms with van der Waals surface area (Å²) in [6.45, 7) is 34.2. The fraction of sp³-hybridized carbons (Fsp3) is 0.250. The molecule has 3 heterocycles. The third-order valence-electron chi connectivity index (χ3n) is 18.1. The Morgan fingerprint density at radius 3 is 1.36 bits per heavy atom. The molecule has 0 aliphatic carbocycles. The highest BCUT2D eigenvalue weighted by Gasteiger charge is 2.43. The van der Waals surface area contributed by atoms with Crippen LogP contribution in [0.25, 0.3) is 72.0 Å². The zero-order valence-electron chi connectivity index (χ0n) is 52.6. The van der Waals surface area contributed by atoms with Gasteiger partial charge in [-0.25, -0.2) is 8.78 Å². The van der Waals surface area contributed by atoms with Crippen molar-refractivity contribution in [2.45, 2.75) is 141 Å². The van der Waals surface area contributed by atoms with E-state index in [9.17, 15) is 0 Å². The standard InChI is InChI=1S/C80H77BF2N2S/c1-76(2,3)52-33-35-69-63(45-52)60-25-18-21-30-68(60)84(69)57-46-71-74-73(47-57)86-72-36-32-49(51-39-55(79(10,11)12)44-56(40-51)80(13,14)15)42-65(72)81(74)64-41-48(50-37-53(77(4,5)6)43-54(38-50)78(7,8)9)31-34-70(64)85(71)75-61(58-23-16-19-28-66(58)82)26-22-27-62(75)59-24-17-20-29-67(59)83/h16-47H,1-15H3. The summed E-state index contributed by atoms with van der Waals surface area (Å²) in [6, 6.07) is 69.1. The molecule has 0 N–H and O–H groups in total. The van der Waals surface area contributed by atoms with Gasteiger partial charge in [0, 0.05) is 59.9 Å². The number of hydrogen-bond donors (Lipinski definition) is 0. The first-order valence-corrected chi connectivity index (χ1v) is 31.4. The molecule has 11 aromatic rings. The van der Waals surface area contributed by atoms with Crippen LogP contribution in [0, 0.1) is 11.6 Å². The molecule has 0 spiro atoms. The van der Waals surface area contributed by atoms with Crippen LogP contribution in [0.2, 0.25) is 0 Å². The molecule has 0 atom stereocenters. The molecule has 6 heteroatoms. The zero-order chi connectivity index (χ0) is 60.7. The first kappa shape index (κ1) is 57.2. The monoisotopic (exact) mass is 1150 g/mol. The summed E-state index contributed by atoms with van der Waals surface area (Å²) >= 11 is 1.82. The van der Waals surface area contributed by atoms with Gasteiger partial charge in [0.05, 0.1) is 16.7 Å². The minimum atomic E-state index is -0.351. The minimum Gasteiger partial charge on any atom is -0.310 e. The van der Waals surface area contributed by atoms with Crippen LogP contribution in [0.15, 0.2) is 204 Å². The van der Waals surface area contributed by atoms with Crippen molar-refractivity contribution < 1.29 is 8.78 Å². The second-order valence-corrected chi connectivity index (χ2v) is 30.5. The van der Waals surface area contributed by atoms with Crippen molar-refractivity contribution in [2.75, 3.05) is 4.90 Å². The van der Waals surface area contributed by atoms with Gasteiger partial charge in [0.25, 0.3) is 0 Å². The first-order chi connectivity index (χ1) is 40.6. The third-order valence-corrected chi connectivity index (χ3v) is 19.3. The Balaban J connectivity index is 1.18. The van der Waals surface area contributed by atoms with Crippen LogP contribution in [-0.2, 0) is 27.1 Å². The van der Waals surface area contributed by atoms with Crippen molar-refractivity contribution in [3.8, 4) is 50.2 Å². The highest BCUT2D eigenvalue weighted by atomic mass is 32.2. The molecule has 0 saturated carbocycles. The summed E-state index contributed by atoms with van der Waals surface area (Å²) in [5.74, 6) is -0.702. The van der Waals surface area contributed by atoms with Crippen LogP contribution < -0.4 is 21.3 Å². The van der Waals surface area contributed by atoms with Gasteiger partial charge in [0.15, 0.2) is 0 Å². The van der Waals surface area contributed by atoms with Gasteiger partial charge in [-0.05, 0) is 143 Å². The molecule has 2 nitrogen and oxygen atoms in total. The topological polar surface area (TPSA) is 8.17 Å². The molecule has 0 fully saturated rings. The summed E-state index contributed by atoms with van der Waals surface area (Å²) in [6.07, 6.45) is 0. The largest absolute Gasteiger partial charge is 0.310 e. The van der Waals surface area contributed by atoms with E-state index in [1.165, 1.54) is 72.2 Å². The molecule has 13 rings (SSSR count). The van der Waals surface area contributed by atoms with Gasteiger partial charge in [-0.2, -0.15) is 0 Å². The van der Waals surface area contributed by atoms with E-state index in [0.29, 0.717) is 27.9 Å². The second kappa shape index (κ2) is 20.3. The smallest absolute Gasteiger partial charge is 0.249 e. The third kappa shape index (κ3) is 9.90. The Kier molecular flexibility index (Phi) is 13.5. The fourth-order valence-electron chi connectivity index (χ4n) is 13.1. The number of benzene rings is 10. The van der Waals surface area contributed by atoms with Gasteiger partial charge in [-0.3, -0.25) is 0 Å². The molecule has 0 unspecified atom stereocenters. The summed E-state index contributed by atoms with van der Waals surface area (Å²) in [5, 5.41) is 2.37. The molecule has 1 aromatic heterocycles. The van der Waals surface area contributed by atoms with Crippen molar-refractivity contribution in [3.05, 3.63) is 234 Å². The lowest BCUT2D eigenvalue weighted by atomic mass is 9.34. The Morgan fingerprint density at radius 1 is 0.349 bits per heavy atom. The molecule has 430 valence electrons. The first-order valence-electron chi connectivity index (χ1n) is 30.6. The van der Waals surface area contributed by atoms with Crippen molar-refractivity contribution in [1.82, 2.24) is 4.57 Å². The average molecular weight is 1150 g/mol. The van der Waals surface area contributed by atoms with Crippen LogP contribution in [0.3, 0.4) is 0 Å². The Morgan fingerprint density at radius 2 is 0.826 bits per heavy atom. The summed E-state index contributed by atoms with van der Waals surface area (Å²) in [4.78, 5) is 4.70. The number of anilines is 3. The number of aromatic nitrogens is 1. The zero-order valence-corrected chi connectivity index (χ0v) is 53.4. The molecular formula is C80H77BF2N2S. The van der Waals surface area contributed by atoms with Gasteiger partial charge in [0.1, 0.15) is 11.6 Å². The van der Waals surface area contributed by atoms with Crippen molar-refractivity contribution in [3.63, 3.8) is 0 Å². The van der Waals surface area contributed by atoms with Gasteiger partial charge in [-0.15, -0.1) is 0 Å². The average Bonchev–Trinajstić information content (AvgIpc) is 0.856. The lowest BCUT2D eigenvalue weighted by molar-refractivity contribution is 0.568. The van der Waals surface area contributed by atoms with Crippen molar-refractivity contribution in [1.29, 1.82) is 0 Å². The Hall–Kier alpha value is -7.93. The van der Waals surface area contributed by atoms with E-state index in [2.05, 4.69) is 241 Å². The number of fused-ring (bicyclic) bond motifs is 7. The number of hydrogen-bond acceptors (Lipinski definition) is 2. The fourth-order valence-corrected chi connectivity index (χ4v) is 14.3. The van der Waals surface area contributed by atoms with Crippen LogP contribution in [0.4, 0.5) is 25.8 Å². The van der Waals surface area contributed by atoms with Crippen LogP contribution in [0.1, 0.15) is 132 Å². The Labute approximate surface area is 513 Å². The SMILES string of the molecule is CC(C)(C)c1cc(-c2ccc3c(c2)B2c4cc(-c5cc(C(C)(C)C)cc(C(C)(C)C)c5)ccc4N(c4c(-c5ccccc5F)cccc4-c4ccccc4F)c4cc(-n5c6ccccc6c6cc(C(C)(C)C)ccc65)cc(c42)S3)cc(C(C)(C)C)c1. The normalized spacial score (nSPS) is 13.5. The van der Waals surface area contributed by atoms with Crippen LogP contribution in [0.5, 0.6) is 0 Å². The van der Waals surface area contributed by atoms with E-state index in [1.54, 1.807) is 12.1 Å². The van der Waals surface area contributed by atoms with E-state index in [-0.39, 0.29) is 45.4 Å². The number of rotatable bonds is 6. The lowest BCUT2D eigenvalue weighted by Crippen LogP contribution is -2.60. The molecule has 0 bridgehead atoms. The van der Waals surface area contributed by atoms with Crippen molar-refractivity contribution in [2.24, 2.45) is 0 Å². The summed E-state index contributed by atoms with van der Waals surface area (Å²) < 4.78 is 36.4. The molecule has 0 radical (unpaired) electrons. The maximum Gasteiger partial charge on any atom is 0.249 e. The van der Waals surface area contributed by atoms with Gasteiger partial charge in [0.2, 0.25) is 6.71 Å². The number of halogens is 2. The highest BCUT2D eigenvalue weighted by Crippen LogP contribution is 2.52. The van der Waals surface area contributed by atoms with Crippen LogP contribution >= 0.6 is 11.8 Å². The molecule has 2 aliphatic heterocycles. The lowest BCUT2D eigenvalue weighted by Gasteiger charge is -2.42. The molecule has 86 heavy (non-hydrogen) atoms. The highest BCUT2D eigenvalue weighted by molar-refractivity contribution is 8.00. The van der Waals surface area contributed by atoms with Gasteiger partial charge in [-0.1, -0.05) is 261 Å².